The molecule has 2 rings (SSSR count). The number of carbonyl (C=O) groups is 2. The number of ether oxygens (including phenoxy) is 1. The molecule has 2 aromatic carbocycles. The summed E-state index contributed by atoms with van der Waals surface area (Å²) in [6, 6.07) is 12.7. The van der Waals surface area contributed by atoms with Crippen molar-refractivity contribution in [2.75, 3.05) is 13.2 Å². The highest BCUT2D eigenvalue weighted by molar-refractivity contribution is 14.1. The molecule has 0 radical (unpaired) electrons. The van der Waals surface area contributed by atoms with Gasteiger partial charge in [0.1, 0.15) is 5.75 Å². The second-order valence-corrected chi connectivity index (χ2v) is 7.15. The Hall–Kier alpha value is -1.94. The van der Waals surface area contributed by atoms with Crippen LogP contribution in [0.2, 0.25) is 0 Å². The monoisotopic (exact) mass is 529 g/mol. The van der Waals surface area contributed by atoms with E-state index in [1.807, 2.05) is 37.3 Å². The summed E-state index contributed by atoms with van der Waals surface area (Å²) < 4.78 is 7.20. The molecule has 0 saturated heterocycles. The molecule has 2 aromatic rings. The maximum atomic E-state index is 12.1. The topological polar surface area (TPSA) is 79.8 Å². The number of hydrazone groups is 1. The number of hydrogen-bond acceptors (Lipinski definition) is 4. The van der Waals surface area contributed by atoms with E-state index in [0.717, 1.165) is 13.6 Å². The van der Waals surface area contributed by atoms with E-state index >= 15 is 0 Å². The first-order valence-electron chi connectivity index (χ1n) is 7.78. The van der Waals surface area contributed by atoms with Crippen molar-refractivity contribution >= 4 is 56.5 Å². The molecule has 0 aliphatic rings. The second-order valence-electron chi connectivity index (χ2n) is 5.07. The van der Waals surface area contributed by atoms with Crippen molar-refractivity contribution in [3.8, 4) is 5.75 Å². The normalized spacial score (nSPS) is 10.6. The molecule has 0 unspecified atom stereocenters. The summed E-state index contributed by atoms with van der Waals surface area (Å²) in [6.07, 6.45) is 1.50. The first-order valence-corrected chi connectivity index (χ1v) is 9.65. The fourth-order valence-electron chi connectivity index (χ4n) is 2.02. The third-order valence-corrected chi connectivity index (χ3v) is 4.63. The van der Waals surface area contributed by atoms with Crippen LogP contribution in [0.4, 0.5) is 0 Å². The van der Waals surface area contributed by atoms with Gasteiger partial charge in [-0.3, -0.25) is 9.59 Å². The number of nitrogens with zero attached hydrogens (tertiary/aromatic N) is 1. The molecule has 0 bridgehead atoms. The van der Waals surface area contributed by atoms with Gasteiger partial charge in [-0.25, -0.2) is 5.43 Å². The fraction of sp³-hybridized carbons (Fsp3) is 0.167. The smallest absolute Gasteiger partial charge is 0.259 e. The van der Waals surface area contributed by atoms with Gasteiger partial charge in [-0.2, -0.15) is 5.10 Å². The van der Waals surface area contributed by atoms with Crippen LogP contribution in [0.3, 0.4) is 0 Å². The Kier molecular flexibility index (Phi) is 8.05. The molecule has 26 heavy (non-hydrogen) atoms. The van der Waals surface area contributed by atoms with Crippen LogP contribution in [0.25, 0.3) is 0 Å². The zero-order valence-electron chi connectivity index (χ0n) is 14.0. The molecular formula is C18H17BrIN3O3. The standard InChI is InChI=1S/C18H17BrIN3O3/c1-2-26-16-8-7-13(19)9-12(16)10-22-23-17(24)11-21-18(25)14-5-3-4-6-15(14)20/h3-10H,2,11H2,1H3,(H,21,25)(H,23,24). The van der Waals surface area contributed by atoms with Gasteiger partial charge in [0.15, 0.2) is 0 Å². The van der Waals surface area contributed by atoms with Crippen molar-refractivity contribution < 1.29 is 14.3 Å². The van der Waals surface area contributed by atoms with Crippen molar-refractivity contribution in [3.63, 3.8) is 0 Å². The molecule has 136 valence electrons. The molecule has 0 aliphatic carbocycles. The molecule has 2 N–H and O–H groups in total. The number of halogens is 2. The zero-order valence-corrected chi connectivity index (χ0v) is 17.7. The number of nitrogens with one attached hydrogen (secondary N) is 2. The molecule has 0 spiro atoms. The maximum Gasteiger partial charge on any atom is 0.259 e. The molecule has 0 aromatic heterocycles. The zero-order chi connectivity index (χ0) is 18.9. The lowest BCUT2D eigenvalue weighted by Gasteiger charge is -2.07. The Morgan fingerprint density at radius 3 is 2.77 bits per heavy atom. The van der Waals surface area contributed by atoms with E-state index < -0.39 is 5.91 Å². The highest BCUT2D eigenvalue weighted by Gasteiger charge is 2.10. The predicted octanol–water partition coefficient (Wildman–Crippen LogP) is 3.33. The lowest BCUT2D eigenvalue weighted by molar-refractivity contribution is -0.120. The quantitative estimate of drug-likeness (QED) is 0.328. The summed E-state index contributed by atoms with van der Waals surface area (Å²) in [4.78, 5) is 23.9. The number of rotatable bonds is 7. The first-order chi connectivity index (χ1) is 12.5. The van der Waals surface area contributed by atoms with Gasteiger partial charge in [0.2, 0.25) is 0 Å². The first kappa shape index (κ1) is 20.4. The summed E-state index contributed by atoms with van der Waals surface area (Å²) in [7, 11) is 0. The average molecular weight is 530 g/mol. The van der Waals surface area contributed by atoms with E-state index in [-0.39, 0.29) is 12.5 Å². The van der Waals surface area contributed by atoms with Gasteiger partial charge in [0.05, 0.1) is 24.9 Å². The highest BCUT2D eigenvalue weighted by Crippen LogP contribution is 2.21. The number of benzene rings is 2. The number of hydrogen-bond donors (Lipinski definition) is 2. The van der Waals surface area contributed by atoms with Crippen LogP contribution in [-0.2, 0) is 4.79 Å². The minimum absolute atomic E-state index is 0.169. The van der Waals surface area contributed by atoms with Gasteiger partial charge < -0.3 is 10.1 Å². The lowest BCUT2D eigenvalue weighted by Crippen LogP contribution is -2.35. The highest BCUT2D eigenvalue weighted by atomic mass is 127. The second kappa shape index (κ2) is 10.3. The van der Waals surface area contributed by atoms with Crippen molar-refractivity contribution in [2.45, 2.75) is 6.92 Å². The van der Waals surface area contributed by atoms with Gasteiger partial charge in [0.25, 0.3) is 11.8 Å². The van der Waals surface area contributed by atoms with Gasteiger partial charge in [-0.15, -0.1) is 0 Å². The average Bonchev–Trinajstić information content (AvgIpc) is 2.62. The van der Waals surface area contributed by atoms with E-state index in [1.54, 1.807) is 12.1 Å². The van der Waals surface area contributed by atoms with Crippen molar-refractivity contribution in [1.29, 1.82) is 0 Å². The maximum absolute atomic E-state index is 12.1. The third kappa shape index (κ3) is 6.10. The van der Waals surface area contributed by atoms with Crippen LogP contribution < -0.4 is 15.5 Å². The molecule has 2 amide bonds. The Morgan fingerprint density at radius 1 is 1.27 bits per heavy atom. The largest absolute Gasteiger partial charge is 0.493 e. The van der Waals surface area contributed by atoms with Gasteiger partial charge in [0, 0.05) is 13.6 Å². The van der Waals surface area contributed by atoms with Crippen LogP contribution in [0, 0.1) is 3.57 Å². The fourth-order valence-corrected chi connectivity index (χ4v) is 3.03. The Bertz CT molecular complexity index is 827. The summed E-state index contributed by atoms with van der Waals surface area (Å²) in [5, 5.41) is 6.48. The van der Waals surface area contributed by atoms with E-state index in [1.165, 1.54) is 6.21 Å². The summed E-state index contributed by atoms with van der Waals surface area (Å²) >= 11 is 5.46. The van der Waals surface area contributed by atoms with Crippen LogP contribution in [0.15, 0.2) is 52.0 Å². The molecule has 0 fully saturated rings. The summed E-state index contributed by atoms with van der Waals surface area (Å²) in [5.41, 5.74) is 3.64. The lowest BCUT2D eigenvalue weighted by atomic mass is 10.2. The van der Waals surface area contributed by atoms with E-state index in [9.17, 15) is 9.59 Å². The minimum Gasteiger partial charge on any atom is -0.493 e. The Morgan fingerprint density at radius 2 is 2.04 bits per heavy atom. The van der Waals surface area contributed by atoms with Gasteiger partial charge in [-0.1, -0.05) is 28.1 Å². The molecule has 0 heterocycles. The van der Waals surface area contributed by atoms with E-state index in [0.29, 0.717) is 17.9 Å². The molecule has 8 heteroatoms. The Labute approximate surface area is 173 Å². The predicted molar refractivity (Wildman–Crippen MR) is 113 cm³/mol. The molecule has 6 nitrogen and oxygen atoms in total. The van der Waals surface area contributed by atoms with E-state index in [4.69, 9.17) is 4.74 Å². The van der Waals surface area contributed by atoms with Crippen LogP contribution in [-0.4, -0.2) is 31.2 Å². The molecule has 0 atom stereocenters. The van der Waals surface area contributed by atoms with Crippen molar-refractivity contribution in [2.24, 2.45) is 5.10 Å². The van der Waals surface area contributed by atoms with Crippen LogP contribution in [0.1, 0.15) is 22.8 Å². The van der Waals surface area contributed by atoms with Gasteiger partial charge in [-0.05, 0) is 59.8 Å². The van der Waals surface area contributed by atoms with Gasteiger partial charge >= 0.3 is 0 Å². The molecule has 0 aliphatic heterocycles. The molecular weight excluding hydrogens is 513 g/mol. The number of carbonyl (C=O) groups excluding carboxylic acids is 2. The SMILES string of the molecule is CCOc1ccc(Br)cc1C=NNC(=O)CNC(=O)c1ccccc1I. The molecule has 0 saturated carbocycles. The van der Waals surface area contributed by atoms with Crippen LogP contribution in [0.5, 0.6) is 5.75 Å². The Balaban J connectivity index is 1.89. The van der Waals surface area contributed by atoms with Crippen LogP contribution >= 0.6 is 38.5 Å². The third-order valence-electron chi connectivity index (χ3n) is 3.19. The summed E-state index contributed by atoms with van der Waals surface area (Å²) in [5.74, 6) is -0.0612. The number of amides is 2. The summed E-state index contributed by atoms with van der Waals surface area (Å²) in [6.45, 7) is 2.25. The minimum atomic E-state index is -0.423. The van der Waals surface area contributed by atoms with Crippen molar-refractivity contribution in [3.05, 3.63) is 61.6 Å². The van der Waals surface area contributed by atoms with Crippen molar-refractivity contribution in [1.82, 2.24) is 10.7 Å². The van der Waals surface area contributed by atoms with E-state index in [2.05, 4.69) is 54.4 Å².